The quantitative estimate of drug-likeness (QED) is 0.676. The zero-order valence-electron chi connectivity index (χ0n) is 15.2. The van der Waals surface area contributed by atoms with Crippen molar-refractivity contribution < 1.29 is 18.3 Å². The highest BCUT2D eigenvalue weighted by Crippen LogP contribution is 2.15. The van der Waals surface area contributed by atoms with Crippen LogP contribution in [0.25, 0.3) is 10.9 Å². The minimum Gasteiger partial charge on any atom is -0.435 e. The summed E-state index contributed by atoms with van der Waals surface area (Å²) in [4.78, 5) is 28.9. The first-order chi connectivity index (χ1) is 13.4. The van der Waals surface area contributed by atoms with Gasteiger partial charge in [0.05, 0.1) is 17.2 Å². The van der Waals surface area contributed by atoms with E-state index in [1.807, 2.05) is 13.0 Å². The van der Waals surface area contributed by atoms with E-state index in [-0.39, 0.29) is 36.7 Å². The van der Waals surface area contributed by atoms with E-state index in [0.29, 0.717) is 10.9 Å². The number of benzene rings is 2. The van der Waals surface area contributed by atoms with E-state index in [0.717, 1.165) is 11.1 Å². The second-order valence-electron chi connectivity index (χ2n) is 6.26. The van der Waals surface area contributed by atoms with Crippen molar-refractivity contribution in [1.29, 1.82) is 0 Å². The van der Waals surface area contributed by atoms with Crippen LogP contribution in [0.3, 0.4) is 0 Å². The van der Waals surface area contributed by atoms with Crippen LogP contribution in [0.5, 0.6) is 5.75 Å². The number of hydrogen-bond acceptors (Lipinski definition) is 4. The van der Waals surface area contributed by atoms with Crippen molar-refractivity contribution in [3.8, 4) is 5.75 Å². The molecule has 0 atom stereocenters. The molecule has 0 radical (unpaired) electrons. The first-order valence-electron chi connectivity index (χ1n) is 8.69. The molecule has 1 N–H and O–H groups in total. The number of ether oxygens (including phenoxy) is 1. The summed E-state index contributed by atoms with van der Waals surface area (Å²) in [5.74, 6) is -0.173. The number of aromatic nitrogens is 2. The number of hydrogen-bond donors (Lipinski definition) is 1. The molecule has 1 heterocycles. The highest BCUT2D eigenvalue weighted by molar-refractivity contribution is 5.80. The van der Waals surface area contributed by atoms with Crippen LogP contribution >= 0.6 is 0 Å². The van der Waals surface area contributed by atoms with E-state index in [1.54, 1.807) is 24.3 Å². The Balaban J connectivity index is 1.55. The van der Waals surface area contributed by atoms with E-state index in [4.69, 9.17) is 0 Å². The first-order valence-corrected chi connectivity index (χ1v) is 8.69. The van der Waals surface area contributed by atoms with Gasteiger partial charge >= 0.3 is 6.61 Å². The van der Waals surface area contributed by atoms with Crippen molar-refractivity contribution in [2.75, 3.05) is 0 Å². The third-order valence-electron chi connectivity index (χ3n) is 4.27. The van der Waals surface area contributed by atoms with Crippen LogP contribution in [0.1, 0.15) is 17.5 Å². The molecule has 0 aliphatic heterocycles. The molecule has 0 spiro atoms. The zero-order valence-corrected chi connectivity index (χ0v) is 15.2. The van der Waals surface area contributed by atoms with Gasteiger partial charge in [-0.3, -0.25) is 14.2 Å². The van der Waals surface area contributed by atoms with Crippen LogP contribution in [0, 0.1) is 6.92 Å². The largest absolute Gasteiger partial charge is 0.435 e. The van der Waals surface area contributed by atoms with Crippen molar-refractivity contribution in [2.24, 2.45) is 0 Å². The smallest absolute Gasteiger partial charge is 0.387 e. The van der Waals surface area contributed by atoms with Crippen LogP contribution in [0.4, 0.5) is 8.78 Å². The number of alkyl halides is 2. The fraction of sp³-hybridized carbons (Fsp3) is 0.250. The fourth-order valence-corrected chi connectivity index (χ4v) is 2.80. The van der Waals surface area contributed by atoms with Crippen molar-refractivity contribution in [3.63, 3.8) is 0 Å². The summed E-state index contributed by atoms with van der Waals surface area (Å²) in [6.45, 7) is -0.526. The van der Waals surface area contributed by atoms with Crippen LogP contribution in [0.15, 0.2) is 53.6 Å². The molecule has 6 nitrogen and oxygen atoms in total. The van der Waals surface area contributed by atoms with E-state index < -0.39 is 6.61 Å². The van der Waals surface area contributed by atoms with Crippen LogP contribution in [0.2, 0.25) is 0 Å². The van der Waals surface area contributed by atoms with Crippen LogP contribution in [-0.2, 0) is 17.9 Å². The number of aryl methyl sites for hydroxylation is 2. The highest BCUT2D eigenvalue weighted by Gasteiger charge is 2.08. The Morgan fingerprint density at radius 2 is 1.96 bits per heavy atom. The standard InChI is InChI=1S/C20H19F2N3O3/c1-13-3-2-4-16-18(13)24-12-25(19(16)27)10-9-17(26)23-11-14-5-7-15(8-6-14)28-20(21)22/h2-8,12,20H,9-11H2,1H3,(H,23,26). The lowest BCUT2D eigenvalue weighted by atomic mass is 10.1. The van der Waals surface area contributed by atoms with Gasteiger partial charge in [-0.05, 0) is 36.2 Å². The maximum atomic E-state index is 12.5. The second-order valence-corrected chi connectivity index (χ2v) is 6.26. The summed E-state index contributed by atoms with van der Waals surface area (Å²) in [7, 11) is 0. The molecule has 0 aliphatic rings. The Kier molecular flexibility index (Phi) is 5.98. The zero-order chi connectivity index (χ0) is 20.1. The van der Waals surface area contributed by atoms with Gasteiger partial charge in [-0.15, -0.1) is 0 Å². The number of carbonyl (C=O) groups is 1. The summed E-state index contributed by atoms with van der Waals surface area (Å²) in [5.41, 5.74) is 2.14. The lowest BCUT2D eigenvalue weighted by Crippen LogP contribution is -2.27. The summed E-state index contributed by atoms with van der Waals surface area (Å²) < 4.78 is 29.9. The molecular weight excluding hydrogens is 368 g/mol. The number of nitrogens with one attached hydrogen (secondary N) is 1. The summed E-state index contributed by atoms with van der Waals surface area (Å²) in [6, 6.07) is 11.4. The SMILES string of the molecule is Cc1cccc2c(=O)n(CCC(=O)NCc3ccc(OC(F)F)cc3)cnc12. The fourth-order valence-electron chi connectivity index (χ4n) is 2.80. The molecule has 3 aromatic rings. The lowest BCUT2D eigenvalue weighted by Gasteiger charge is -2.09. The van der Waals surface area contributed by atoms with E-state index in [1.165, 1.54) is 23.0 Å². The number of carbonyl (C=O) groups excluding carboxylic acids is 1. The maximum absolute atomic E-state index is 12.5. The molecule has 0 unspecified atom stereocenters. The minimum absolute atomic E-state index is 0.0588. The normalized spacial score (nSPS) is 11.0. The third-order valence-corrected chi connectivity index (χ3v) is 4.27. The van der Waals surface area contributed by atoms with Crippen molar-refractivity contribution in [3.05, 3.63) is 70.3 Å². The van der Waals surface area contributed by atoms with Gasteiger partial charge in [-0.1, -0.05) is 24.3 Å². The van der Waals surface area contributed by atoms with Gasteiger partial charge in [0.25, 0.3) is 5.56 Å². The van der Waals surface area contributed by atoms with Gasteiger partial charge in [-0.2, -0.15) is 8.78 Å². The molecule has 146 valence electrons. The first kappa shape index (κ1) is 19.5. The molecule has 28 heavy (non-hydrogen) atoms. The molecule has 3 rings (SSSR count). The average Bonchev–Trinajstić information content (AvgIpc) is 2.67. The van der Waals surface area contributed by atoms with Gasteiger partial charge in [0.15, 0.2) is 0 Å². The van der Waals surface area contributed by atoms with Gasteiger partial charge in [-0.25, -0.2) is 4.98 Å². The van der Waals surface area contributed by atoms with E-state index in [2.05, 4.69) is 15.0 Å². The van der Waals surface area contributed by atoms with Crippen molar-refractivity contribution >= 4 is 16.8 Å². The molecule has 0 fully saturated rings. The summed E-state index contributed by atoms with van der Waals surface area (Å²) in [5, 5.41) is 3.25. The minimum atomic E-state index is -2.87. The molecule has 0 bridgehead atoms. The number of para-hydroxylation sites is 1. The van der Waals surface area contributed by atoms with Gasteiger partial charge in [0, 0.05) is 19.5 Å². The molecule has 1 amide bonds. The van der Waals surface area contributed by atoms with E-state index >= 15 is 0 Å². The molecule has 1 aromatic heterocycles. The monoisotopic (exact) mass is 387 g/mol. The number of halogens is 2. The number of nitrogens with zero attached hydrogens (tertiary/aromatic N) is 2. The third kappa shape index (κ3) is 4.70. The van der Waals surface area contributed by atoms with Crippen molar-refractivity contribution in [1.82, 2.24) is 14.9 Å². The topological polar surface area (TPSA) is 73.2 Å². The number of amides is 1. The Hall–Kier alpha value is -3.29. The van der Waals surface area contributed by atoms with Gasteiger partial charge in [0.1, 0.15) is 5.75 Å². The Labute approximate surface area is 159 Å². The molecule has 0 aliphatic carbocycles. The Bertz CT molecular complexity index is 1030. The second kappa shape index (κ2) is 8.60. The molecule has 0 saturated carbocycles. The summed E-state index contributed by atoms with van der Waals surface area (Å²) in [6.07, 6.45) is 1.57. The summed E-state index contributed by atoms with van der Waals surface area (Å²) >= 11 is 0. The Morgan fingerprint density at radius 3 is 2.68 bits per heavy atom. The average molecular weight is 387 g/mol. The molecule has 2 aromatic carbocycles. The highest BCUT2D eigenvalue weighted by atomic mass is 19.3. The number of rotatable bonds is 7. The predicted molar refractivity (Wildman–Crippen MR) is 100 cm³/mol. The van der Waals surface area contributed by atoms with E-state index in [9.17, 15) is 18.4 Å². The molecule has 0 saturated heterocycles. The molecule has 8 heteroatoms. The van der Waals surface area contributed by atoms with Crippen molar-refractivity contribution in [2.45, 2.75) is 33.0 Å². The van der Waals surface area contributed by atoms with Gasteiger partial charge < -0.3 is 10.1 Å². The molecular formula is C20H19F2N3O3. The van der Waals surface area contributed by atoms with Crippen LogP contribution in [-0.4, -0.2) is 22.1 Å². The Morgan fingerprint density at radius 1 is 1.21 bits per heavy atom. The van der Waals surface area contributed by atoms with Crippen LogP contribution < -0.4 is 15.6 Å². The van der Waals surface area contributed by atoms with Gasteiger partial charge in [0.2, 0.25) is 5.91 Å². The number of fused-ring (bicyclic) bond motifs is 1. The maximum Gasteiger partial charge on any atom is 0.387 e. The predicted octanol–water partition coefficient (Wildman–Crippen LogP) is 3.01. The lowest BCUT2D eigenvalue weighted by molar-refractivity contribution is -0.121.